The molecule has 1 aromatic rings. The number of carbonyl (C=O) groups excluding carboxylic acids is 1. The van der Waals surface area contributed by atoms with E-state index in [9.17, 15) is 9.59 Å². The molecular formula is C11H15N3O2. The molecule has 1 aliphatic rings. The van der Waals surface area contributed by atoms with Gasteiger partial charge in [-0.3, -0.25) is 14.2 Å². The second-order valence-electron chi connectivity index (χ2n) is 4.03. The van der Waals surface area contributed by atoms with Crippen LogP contribution in [-0.2, 0) is 11.2 Å². The third-order valence-corrected chi connectivity index (χ3v) is 3.00. The fraction of sp³-hybridized carbons (Fsp3) is 0.545. The Morgan fingerprint density at radius 3 is 3.00 bits per heavy atom. The Balaban J connectivity index is 2.61. The second-order valence-corrected chi connectivity index (χ2v) is 4.03. The zero-order valence-electron chi connectivity index (χ0n) is 9.49. The van der Waals surface area contributed by atoms with Crippen LogP contribution < -0.4 is 10.9 Å². The molecule has 0 fully saturated rings. The molecule has 0 saturated carbocycles. The molecule has 1 aliphatic heterocycles. The van der Waals surface area contributed by atoms with Gasteiger partial charge in [-0.2, -0.15) is 0 Å². The smallest absolute Gasteiger partial charge is 0.277 e. The summed E-state index contributed by atoms with van der Waals surface area (Å²) in [6.07, 6.45) is 3.95. The molecule has 0 aliphatic carbocycles. The largest absolute Gasteiger partial charge is 0.382 e. The minimum Gasteiger partial charge on any atom is -0.382 e. The summed E-state index contributed by atoms with van der Waals surface area (Å²) in [5, 5.41) is 2.80. The van der Waals surface area contributed by atoms with Gasteiger partial charge < -0.3 is 5.32 Å². The molecule has 86 valence electrons. The van der Waals surface area contributed by atoms with Crippen LogP contribution in [-0.4, -0.2) is 22.4 Å². The Kier molecular flexibility index (Phi) is 2.77. The molecule has 1 unspecified atom stereocenters. The molecular weight excluding hydrogens is 206 g/mol. The zero-order chi connectivity index (χ0) is 11.7. The van der Waals surface area contributed by atoms with Gasteiger partial charge in [0.05, 0.1) is 12.2 Å². The quantitative estimate of drug-likeness (QED) is 0.800. The molecule has 1 N–H and O–H groups in total. The second kappa shape index (κ2) is 4.08. The predicted octanol–water partition coefficient (Wildman–Crippen LogP) is 0.751. The van der Waals surface area contributed by atoms with Crippen molar-refractivity contribution in [3.05, 3.63) is 22.4 Å². The molecule has 1 atom stereocenters. The maximum Gasteiger partial charge on any atom is 0.277 e. The maximum absolute atomic E-state index is 12.1. The number of hydrogen-bond donors (Lipinski definition) is 1. The Morgan fingerprint density at radius 1 is 1.62 bits per heavy atom. The topological polar surface area (TPSA) is 64.0 Å². The third-order valence-electron chi connectivity index (χ3n) is 3.00. The molecule has 2 heterocycles. The summed E-state index contributed by atoms with van der Waals surface area (Å²) in [4.78, 5) is 27.8. The van der Waals surface area contributed by atoms with Crippen LogP contribution in [0, 0.1) is 0 Å². The highest BCUT2D eigenvalue weighted by atomic mass is 16.1. The Hall–Kier alpha value is -1.65. The lowest BCUT2D eigenvalue weighted by Gasteiger charge is -2.25. The highest BCUT2D eigenvalue weighted by Crippen LogP contribution is 2.22. The van der Waals surface area contributed by atoms with Crippen molar-refractivity contribution in [1.82, 2.24) is 9.55 Å². The summed E-state index contributed by atoms with van der Waals surface area (Å²) in [7, 11) is 1.68. The third kappa shape index (κ3) is 1.62. The fourth-order valence-corrected chi connectivity index (χ4v) is 2.15. The van der Waals surface area contributed by atoms with Crippen molar-refractivity contribution in [1.29, 1.82) is 0 Å². The van der Waals surface area contributed by atoms with E-state index in [0.717, 1.165) is 25.1 Å². The summed E-state index contributed by atoms with van der Waals surface area (Å²) < 4.78 is 1.54. The number of nitrogens with zero attached hydrogens (tertiary/aromatic N) is 2. The number of rotatable bonds is 2. The van der Waals surface area contributed by atoms with Gasteiger partial charge >= 0.3 is 0 Å². The molecule has 5 heteroatoms. The lowest BCUT2D eigenvalue weighted by Crippen LogP contribution is -2.36. The molecule has 1 aromatic heterocycles. The highest BCUT2D eigenvalue weighted by Gasteiger charge is 2.25. The predicted molar refractivity (Wildman–Crippen MR) is 60.7 cm³/mol. The number of carbonyl (C=O) groups is 1. The van der Waals surface area contributed by atoms with E-state index < -0.39 is 0 Å². The number of hydrogen-bond acceptors (Lipinski definition) is 4. The average Bonchev–Trinajstić information content (AvgIpc) is 2.29. The van der Waals surface area contributed by atoms with E-state index in [1.807, 2.05) is 0 Å². The molecule has 0 radical (unpaired) electrons. The van der Waals surface area contributed by atoms with E-state index in [2.05, 4.69) is 10.3 Å². The van der Waals surface area contributed by atoms with Crippen molar-refractivity contribution in [2.75, 3.05) is 12.4 Å². The Labute approximate surface area is 93.5 Å². The van der Waals surface area contributed by atoms with E-state index in [0.29, 0.717) is 5.69 Å². The minimum atomic E-state index is -0.336. The maximum atomic E-state index is 12.1. The van der Waals surface area contributed by atoms with Crippen molar-refractivity contribution >= 4 is 11.5 Å². The average molecular weight is 221 g/mol. The SMILES string of the molecule is CNc1cnc2n(c1=O)C(C(C)=O)CCC2. The molecule has 0 spiro atoms. The van der Waals surface area contributed by atoms with Gasteiger partial charge in [0.2, 0.25) is 0 Å². The lowest BCUT2D eigenvalue weighted by atomic mass is 10.0. The van der Waals surface area contributed by atoms with Crippen LogP contribution >= 0.6 is 0 Å². The van der Waals surface area contributed by atoms with Crippen LogP contribution in [0.1, 0.15) is 31.6 Å². The van der Waals surface area contributed by atoms with Gasteiger partial charge in [0.1, 0.15) is 11.5 Å². The number of fused-ring (bicyclic) bond motifs is 1. The number of aryl methyl sites for hydroxylation is 1. The molecule has 0 bridgehead atoms. The van der Waals surface area contributed by atoms with Gasteiger partial charge in [0, 0.05) is 13.5 Å². The summed E-state index contributed by atoms with van der Waals surface area (Å²) >= 11 is 0. The van der Waals surface area contributed by atoms with Crippen LogP contribution in [0.2, 0.25) is 0 Å². The number of nitrogens with one attached hydrogen (secondary N) is 1. The number of ketones is 1. The first-order valence-corrected chi connectivity index (χ1v) is 5.43. The van der Waals surface area contributed by atoms with E-state index >= 15 is 0 Å². The van der Waals surface area contributed by atoms with Crippen molar-refractivity contribution in [2.45, 2.75) is 32.2 Å². The summed E-state index contributed by atoms with van der Waals surface area (Å²) in [6.45, 7) is 1.53. The van der Waals surface area contributed by atoms with Crippen molar-refractivity contribution in [2.24, 2.45) is 0 Å². The first-order valence-electron chi connectivity index (χ1n) is 5.43. The molecule has 5 nitrogen and oxygen atoms in total. The highest BCUT2D eigenvalue weighted by molar-refractivity contribution is 5.80. The Bertz CT molecular complexity index is 479. The zero-order valence-corrected chi connectivity index (χ0v) is 9.49. The van der Waals surface area contributed by atoms with Gasteiger partial charge in [-0.05, 0) is 19.8 Å². The van der Waals surface area contributed by atoms with Gasteiger partial charge in [-0.25, -0.2) is 4.98 Å². The fourth-order valence-electron chi connectivity index (χ4n) is 2.15. The van der Waals surface area contributed by atoms with E-state index in [1.165, 1.54) is 17.7 Å². The molecule has 0 aromatic carbocycles. The van der Waals surface area contributed by atoms with E-state index in [4.69, 9.17) is 0 Å². The first kappa shape index (κ1) is 10.9. The van der Waals surface area contributed by atoms with Gasteiger partial charge in [-0.15, -0.1) is 0 Å². The molecule has 0 amide bonds. The van der Waals surface area contributed by atoms with Crippen LogP contribution in [0.5, 0.6) is 0 Å². The van der Waals surface area contributed by atoms with Gasteiger partial charge in [0.25, 0.3) is 5.56 Å². The summed E-state index contributed by atoms with van der Waals surface area (Å²) in [6, 6.07) is -0.336. The van der Waals surface area contributed by atoms with Crippen LogP contribution in [0.25, 0.3) is 0 Å². The van der Waals surface area contributed by atoms with Crippen LogP contribution in [0.3, 0.4) is 0 Å². The number of aromatic nitrogens is 2. The van der Waals surface area contributed by atoms with Crippen LogP contribution in [0.4, 0.5) is 5.69 Å². The minimum absolute atomic E-state index is 0.0260. The summed E-state index contributed by atoms with van der Waals surface area (Å²) in [5.74, 6) is 0.744. The standard InChI is InChI=1S/C11H15N3O2/c1-7(15)9-4-3-5-10-13-6-8(12-2)11(16)14(9)10/h6,9,12H,3-5H2,1-2H3. The van der Waals surface area contributed by atoms with Gasteiger partial charge in [0.15, 0.2) is 5.78 Å². The summed E-state index contributed by atoms with van der Waals surface area (Å²) in [5.41, 5.74) is 0.296. The Morgan fingerprint density at radius 2 is 2.38 bits per heavy atom. The monoisotopic (exact) mass is 221 g/mol. The van der Waals surface area contributed by atoms with E-state index in [-0.39, 0.29) is 17.4 Å². The lowest BCUT2D eigenvalue weighted by molar-refractivity contribution is -0.120. The molecule has 2 rings (SSSR count). The van der Waals surface area contributed by atoms with Crippen LogP contribution in [0.15, 0.2) is 11.0 Å². The van der Waals surface area contributed by atoms with Crippen molar-refractivity contribution < 1.29 is 4.79 Å². The molecule has 16 heavy (non-hydrogen) atoms. The van der Waals surface area contributed by atoms with Gasteiger partial charge in [-0.1, -0.05) is 0 Å². The normalized spacial score (nSPS) is 19.0. The molecule has 0 saturated heterocycles. The number of anilines is 1. The van der Waals surface area contributed by atoms with E-state index in [1.54, 1.807) is 7.05 Å². The van der Waals surface area contributed by atoms with Crippen molar-refractivity contribution in [3.63, 3.8) is 0 Å². The first-order chi connectivity index (χ1) is 7.65. The van der Waals surface area contributed by atoms with Crippen molar-refractivity contribution in [3.8, 4) is 0 Å². The number of Topliss-reactive ketones (excluding diaryl/α,β-unsaturated/α-hetero) is 1.